The SMILES string of the molecule is O=C(CN(Cc1ccc(Br)cc1)S(=O)(=O)c1ccccc1)N1CCN(C(c2ccccc2)c2ccccc2)CC1. The number of piperazine rings is 1. The van der Waals surface area contributed by atoms with E-state index in [0.717, 1.165) is 10.0 Å². The fourth-order valence-electron chi connectivity index (χ4n) is 5.13. The summed E-state index contributed by atoms with van der Waals surface area (Å²) in [6, 6.07) is 36.7. The Hall–Kier alpha value is -3.30. The van der Waals surface area contributed by atoms with Gasteiger partial charge in [-0.1, -0.05) is 107 Å². The minimum Gasteiger partial charge on any atom is -0.339 e. The van der Waals surface area contributed by atoms with Crippen LogP contribution in [0.2, 0.25) is 0 Å². The lowest BCUT2D eigenvalue weighted by molar-refractivity contribution is -0.133. The summed E-state index contributed by atoms with van der Waals surface area (Å²) >= 11 is 3.43. The van der Waals surface area contributed by atoms with Gasteiger partial charge in [0.25, 0.3) is 0 Å². The molecule has 206 valence electrons. The number of nitrogens with zero attached hydrogens (tertiary/aromatic N) is 3. The van der Waals surface area contributed by atoms with Crippen molar-refractivity contribution in [1.29, 1.82) is 0 Å². The highest BCUT2D eigenvalue weighted by molar-refractivity contribution is 9.10. The van der Waals surface area contributed by atoms with Crippen LogP contribution in [0, 0.1) is 0 Å². The molecule has 5 rings (SSSR count). The third-order valence-electron chi connectivity index (χ3n) is 7.23. The van der Waals surface area contributed by atoms with Gasteiger partial charge in [0, 0.05) is 37.2 Å². The minimum absolute atomic E-state index is 0.0898. The lowest BCUT2D eigenvalue weighted by Gasteiger charge is -2.40. The summed E-state index contributed by atoms with van der Waals surface area (Å²) in [6.07, 6.45) is 0. The van der Waals surface area contributed by atoms with E-state index in [2.05, 4.69) is 69.4 Å². The maximum atomic E-state index is 13.6. The van der Waals surface area contributed by atoms with Crippen LogP contribution in [0.15, 0.2) is 125 Å². The van der Waals surface area contributed by atoms with Gasteiger partial charge in [0.15, 0.2) is 0 Å². The highest BCUT2D eigenvalue weighted by Gasteiger charge is 2.32. The normalized spacial score (nSPS) is 14.5. The zero-order valence-electron chi connectivity index (χ0n) is 22.1. The number of benzene rings is 4. The molecule has 1 amide bonds. The van der Waals surface area contributed by atoms with Crippen molar-refractivity contribution in [3.63, 3.8) is 0 Å². The van der Waals surface area contributed by atoms with Crippen molar-refractivity contribution in [3.05, 3.63) is 136 Å². The summed E-state index contributed by atoms with van der Waals surface area (Å²) in [5, 5.41) is 0. The molecule has 4 aromatic rings. The number of rotatable bonds is 9. The van der Waals surface area contributed by atoms with Crippen molar-refractivity contribution in [2.45, 2.75) is 17.5 Å². The molecule has 0 unspecified atom stereocenters. The van der Waals surface area contributed by atoms with Crippen LogP contribution in [0.3, 0.4) is 0 Å². The van der Waals surface area contributed by atoms with E-state index < -0.39 is 10.0 Å². The Labute approximate surface area is 245 Å². The Bertz CT molecular complexity index is 1450. The van der Waals surface area contributed by atoms with Crippen LogP contribution >= 0.6 is 15.9 Å². The molecule has 0 radical (unpaired) electrons. The molecule has 1 aliphatic heterocycles. The van der Waals surface area contributed by atoms with Crippen LogP contribution < -0.4 is 0 Å². The molecule has 4 aromatic carbocycles. The molecule has 8 heteroatoms. The largest absolute Gasteiger partial charge is 0.339 e. The number of hydrogen-bond donors (Lipinski definition) is 0. The lowest BCUT2D eigenvalue weighted by Crippen LogP contribution is -2.52. The van der Waals surface area contributed by atoms with E-state index in [1.807, 2.05) is 36.4 Å². The first-order chi connectivity index (χ1) is 19.4. The Morgan fingerprint density at radius 2 is 1.23 bits per heavy atom. The standard InChI is InChI=1S/C32H32BrN3O3S/c33-29-18-16-26(17-19-29)24-36(40(38,39)30-14-8-3-9-15-30)25-31(37)34-20-22-35(23-21-34)32(27-10-4-1-5-11-27)28-12-6-2-7-13-28/h1-19,32H,20-25H2. The molecule has 1 fully saturated rings. The summed E-state index contributed by atoms with van der Waals surface area (Å²) in [5.74, 6) is -0.188. The molecule has 0 bridgehead atoms. The second-order valence-electron chi connectivity index (χ2n) is 9.85. The maximum Gasteiger partial charge on any atom is 0.243 e. The lowest BCUT2D eigenvalue weighted by atomic mass is 9.96. The predicted molar refractivity (Wildman–Crippen MR) is 161 cm³/mol. The van der Waals surface area contributed by atoms with Gasteiger partial charge in [-0.15, -0.1) is 0 Å². The molecule has 0 atom stereocenters. The number of carbonyl (C=O) groups is 1. The van der Waals surface area contributed by atoms with Gasteiger partial charge in [-0.05, 0) is 41.0 Å². The number of amides is 1. The molecular weight excluding hydrogens is 586 g/mol. The molecule has 6 nitrogen and oxygen atoms in total. The smallest absolute Gasteiger partial charge is 0.243 e. The van der Waals surface area contributed by atoms with Gasteiger partial charge in [-0.3, -0.25) is 9.69 Å². The van der Waals surface area contributed by atoms with Gasteiger partial charge < -0.3 is 4.90 Å². The summed E-state index contributed by atoms with van der Waals surface area (Å²) in [5.41, 5.74) is 3.24. The predicted octanol–water partition coefficient (Wildman–Crippen LogP) is 5.57. The van der Waals surface area contributed by atoms with Gasteiger partial charge in [0.2, 0.25) is 15.9 Å². The van der Waals surface area contributed by atoms with E-state index in [4.69, 9.17) is 0 Å². The van der Waals surface area contributed by atoms with Crippen LogP contribution in [-0.4, -0.2) is 61.2 Å². The first-order valence-corrected chi connectivity index (χ1v) is 15.6. The summed E-state index contributed by atoms with van der Waals surface area (Å²) in [7, 11) is -3.88. The van der Waals surface area contributed by atoms with Gasteiger partial charge in [-0.2, -0.15) is 4.31 Å². The molecule has 0 N–H and O–H groups in total. The zero-order valence-corrected chi connectivity index (χ0v) is 24.5. The molecule has 1 aliphatic rings. The van der Waals surface area contributed by atoms with Crippen molar-refractivity contribution in [1.82, 2.24) is 14.1 Å². The first-order valence-electron chi connectivity index (χ1n) is 13.3. The van der Waals surface area contributed by atoms with Crippen LogP contribution in [0.25, 0.3) is 0 Å². The monoisotopic (exact) mass is 617 g/mol. The molecule has 1 heterocycles. The van der Waals surface area contributed by atoms with E-state index in [9.17, 15) is 13.2 Å². The second kappa shape index (κ2) is 12.9. The summed E-state index contributed by atoms with van der Waals surface area (Å²) < 4.78 is 29.4. The maximum absolute atomic E-state index is 13.6. The Balaban J connectivity index is 1.31. The number of hydrogen-bond acceptors (Lipinski definition) is 4. The highest BCUT2D eigenvalue weighted by atomic mass is 79.9. The average molecular weight is 619 g/mol. The number of carbonyl (C=O) groups excluding carboxylic acids is 1. The Morgan fingerprint density at radius 3 is 1.75 bits per heavy atom. The van der Waals surface area contributed by atoms with Gasteiger partial charge in [0.1, 0.15) is 0 Å². The molecule has 0 saturated carbocycles. The fourth-order valence-corrected chi connectivity index (χ4v) is 6.79. The van der Waals surface area contributed by atoms with Crippen LogP contribution in [0.4, 0.5) is 0 Å². The Kier molecular flexibility index (Phi) is 9.11. The minimum atomic E-state index is -3.88. The first kappa shape index (κ1) is 28.2. The topological polar surface area (TPSA) is 60.9 Å². The number of sulfonamides is 1. The van der Waals surface area contributed by atoms with Gasteiger partial charge >= 0.3 is 0 Å². The van der Waals surface area contributed by atoms with Crippen LogP contribution in [-0.2, 0) is 21.4 Å². The fraction of sp³-hybridized carbons (Fsp3) is 0.219. The van der Waals surface area contributed by atoms with Crippen molar-refractivity contribution in [3.8, 4) is 0 Å². The van der Waals surface area contributed by atoms with E-state index >= 15 is 0 Å². The van der Waals surface area contributed by atoms with Crippen molar-refractivity contribution in [2.24, 2.45) is 0 Å². The van der Waals surface area contributed by atoms with E-state index in [1.165, 1.54) is 15.4 Å². The second-order valence-corrected chi connectivity index (χ2v) is 12.7. The van der Waals surface area contributed by atoms with Crippen molar-refractivity contribution >= 4 is 31.9 Å². The molecule has 40 heavy (non-hydrogen) atoms. The van der Waals surface area contributed by atoms with Crippen LogP contribution in [0.1, 0.15) is 22.7 Å². The molecule has 0 aliphatic carbocycles. The van der Waals surface area contributed by atoms with Crippen molar-refractivity contribution in [2.75, 3.05) is 32.7 Å². The molecular formula is C32H32BrN3O3S. The van der Waals surface area contributed by atoms with Gasteiger partial charge in [-0.25, -0.2) is 8.42 Å². The highest BCUT2D eigenvalue weighted by Crippen LogP contribution is 2.29. The zero-order chi connectivity index (χ0) is 28.0. The summed E-state index contributed by atoms with van der Waals surface area (Å²) in [4.78, 5) is 17.9. The van der Waals surface area contributed by atoms with Gasteiger partial charge in [0.05, 0.1) is 17.5 Å². The molecule has 0 spiro atoms. The van der Waals surface area contributed by atoms with E-state index in [-0.39, 0.29) is 29.9 Å². The third-order valence-corrected chi connectivity index (χ3v) is 9.56. The number of halogens is 1. The average Bonchev–Trinajstić information content (AvgIpc) is 3.00. The van der Waals surface area contributed by atoms with Crippen molar-refractivity contribution < 1.29 is 13.2 Å². The quantitative estimate of drug-likeness (QED) is 0.246. The van der Waals surface area contributed by atoms with E-state index in [0.29, 0.717) is 26.2 Å². The van der Waals surface area contributed by atoms with E-state index in [1.54, 1.807) is 35.2 Å². The third kappa shape index (κ3) is 6.70. The molecule has 1 saturated heterocycles. The summed E-state index contributed by atoms with van der Waals surface area (Å²) in [6.45, 7) is 2.35. The molecule has 0 aromatic heterocycles. The van der Waals surface area contributed by atoms with Crippen LogP contribution in [0.5, 0.6) is 0 Å². The Morgan fingerprint density at radius 1 is 0.725 bits per heavy atom.